The molecule has 8 nitrogen and oxygen atoms in total. The molecule has 1 aliphatic heterocycles. The average molecular weight is 350 g/mol. The maximum atomic E-state index is 12.0. The van der Waals surface area contributed by atoms with Gasteiger partial charge >= 0.3 is 0 Å². The normalized spacial score (nSPS) is 18.5. The lowest BCUT2D eigenvalue weighted by Crippen LogP contribution is -2.32. The fraction of sp³-hybridized carbons (Fsp3) is 0.400. The molecule has 0 bridgehead atoms. The fourth-order valence-corrected chi connectivity index (χ4v) is 3.63. The third-order valence-corrected chi connectivity index (χ3v) is 5.11. The highest BCUT2D eigenvalue weighted by Gasteiger charge is 2.27. The number of pyridine rings is 1. The Labute approximate surface area is 139 Å². The zero-order chi connectivity index (χ0) is 17.6. The third kappa shape index (κ3) is 2.54. The number of nitrogens with zero attached hydrogens (tertiary/aromatic N) is 3. The van der Waals surface area contributed by atoms with Crippen LogP contribution in [0, 0.1) is 5.92 Å². The van der Waals surface area contributed by atoms with Gasteiger partial charge in [0.2, 0.25) is 5.91 Å². The van der Waals surface area contributed by atoms with Crippen LogP contribution < -0.4 is 5.43 Å². The number of hydrazone groups is 1. The van der Waals surface area contributed by atoms with E-state index in [1.807, 2.05) is 13.8 Å². The van der Waals surface area contributed by atoms with Crippen molar-refractivity contribution in [1.82, 2.24) is 15.0 Å². The second kappa shape index (κ2) is 5.59. The number of aromatic hydroxyl groups is 1. The minimum Gasteiger partial charge on any atom is -0.504 e. The summed E-state index contributed by atoms with van der Waals surface area (Å²) in [6, 6.07) is 3.04. The Morgan fingerprint density at radius 1 is 1.42 bits per heavy atom. The van der Waals surface area contributed by atoms with Crippen LogP contribution in [0.3, 0.4) is 0 Å². The Hall–Kier alpha value is -2.42. The largest absolute Gasteiger partial charge is 0.504 e. The van der Waals surface area contributed by atoms with Crippen LogP contribution in [0.15, 0.2) is 22.3 Å². The van der Waals surface area contributed by atoms with E-state index < -0.39 is 9.84 Å². The molecule has 0 aliphatic carbocycles. The average Bonchev–Trinajstić information content (AvgIpc) is 2.83. The van der Waals surface area contributed by atoms with Gasteiger partial charge in [-0.25, -0.2) is 18.4 Å². The van der Waals surface area contributed by atoms with E-state index in [4.69, 9.17) is 0 Å². The van der Waals surface area contributed by atoms with Crippen LogP contribution in [0.2, 0.25) is 0 Å². The van der Waals surface area contributed by atoms with Crippen molar-refractivity contribution >= 4 is 27.0 Å². The summed E-state index contributed by atoms with van der Waals surface area (Å²) in [7, 11) is -3.53. The lowest BCUT2D eigenvalue weighted by molar-refractivity contribution is -0.121. The highest BCUT2D eigenvalue weighted by Crippen LogP contribution is 2.31. The molecule has 2 aromatic rings. The third-order valence-electron chi connectivity index (χ3n) is 4.04. The van der Waals surface area contributed by atoms with Gasteiger partial charge in [-0.1, -0.05) is 13.8 Å². The molecule has 0 aromatic carbocycles. The molecule has 0 spiro atoms. The number of hydrogen-bond donors (Lipinski definition) is 2. The van der Waals surface area contributed by atoms with E-state index in [0.717, 1.165) is 6.26 Å². The van der Waals surface area contributed by atoms with Crippen LogP contribution in [0.5, 0.6) is 5.75 Å². The van der Waals surface area contributed by atoms with E-state index in [0.29, 0.717) is 23.4 Å². The number of carbonyl (C=O) groups excluding carboxylic acids is 1. The molecular formula is C15H18N4O4S. The molecule has 1 aliphatic rings. The van der Waals surface area contributed by atoms with Gasteiger partial charge in [0.25, 0.3) is 0 Å². The van der Waals surface area contributed by atoms with Gasteiger partial charge in [0, 0.05) is 24.2 Å². The van der Waals surface area contributed by atoms with Gasteiger partial charge in [-0.05, 0) is 18.6 Å². The van der Waals surface area contributed by atoms with E-state index in [9.17, 15) is 18.3 Å². The maximum Gasteiger partial charge on any atom is 0.240 e. The molecule has 2 aromatic heterocycles. The predicted molar refractivity (Wildman–Crippen MR) is 87.8 cm³/mol. The van der Waals surface area contributed by atoms with Gasteiger partial charge < -0.3 is 5.11 Å². The van der Waals surface area contributed by atoms with Gasteiger partial charge in [-0.3, -0.25) is 4.79 Å². The number of amides is 1. The molecule has 0 saturated carbocycles. The van der Waals surface area contributed by atoms with Gasteiger partial charge in [-0.15, -0.1) is 0 Å². The van der Waals surface area contributed by atoms with Crippen LogP contribution in [0.4, 0.5) is 0 Å². The molecule has 9 heteroatoms. The second-order valence-corrected chi connectivity index (χ2v) is 7.87. The van der Waals surface area contributed by atoms with Crippen molar-refractivity contribution in [2.24, 2.45) is 11.0 Å². The SMILES string of the molecule is CCc1nn2c(S(C)(=O)=O)ccc(C3=NNC(=O)CC3C)c2c1O. The summed E-state index contributed by atoms with van der Waals surface area (Å²) in [5.74, 6) is -0.405. The van der Waals surface area contributed by atoms with Crippen molar-refractivity contribution in [2.75, 3.05) is 6.26 Å². The first kappa shape index (κ1) is 16.4. The van der Waals surface area contributed by atoms with E-state index in [1.165, 1.54) is 10.6 Å². The smallest absolute Gasteiger partial charge is 0.240 e. The Bertz CT molecular complexity index is 975. The molecule has 3 rings (SSSR count). The zero-order valence-corrected chi connectivity index (χ0v) is 14.4. The first-order valence-corrected chi connectivity index (χ1v) is 9.43. The Balaban J connectivity index is 2.35. The van der Waals surface area contributed by atoms with Crippen molar-refractivity contribution in [3.05, 3.63) is 23.4 Å². The van der Waals surface area contributed by atoms with Crippen molar-refractivity contribution in [2.45, 2.75) is 31.7 Å². The second-order valence-electron chi connectivity index (χ2n) is 5.90. The van der Waals surface area contributed by atoms with Gasteiger partial charge in [-0.2, -0.15) is 10.2 Å². The van der Waals surface area contributed by atoms with Crippen LogP contribution >= 0.6 is 0 Å². The highest BCUT2D eigenvalue weighted by molar-refractivity contribution is 7.90. The number of aryl methyl sites for hydroxylation is 1. The minimum absolute atomic E-state index is 0.00986. The molecule has 1 atom stereocenters. The summed E-state index contributed by atoms with van der Waals surface area (Å²) < 4.78 is 25.3. The topological polar surface area (TPSA) is 113 Å². The Kier molecular flexibility index (Phi) is 3.83. The molecule has 24 heavy (non-hydrogen) atoms. The van der Waals surface area contributed by atoms with Crippen LogP contribution in [0.25, 0.3) is 5.52 Å². The van der Waals surface area contributed by atoms with Crippen molar-refractivity contribution < 1.29 is 18.3 Å². The van der Waals surface area contributed by atoms with Crippen LogP contribution in [-0.2, 0) is 21.1 Å². The molecule has 0 radical (unpaired) electrons. The highest BCUT2D eigenvalue weighted by atomic mass is 32.2. The summed E-state index contributed by atoms with van der Waals surface area (Å²) in [4.78, 5) is 11.5. The van der Waals surface area contributed by atoms with E-state index in [1.54, 1.807) is 6.07 Å². The number of sulfone groups is 1. The minimum atomic E-state index is -3.53. The molecule has 3 heterocycles. The number of nitrogens with one attached hydrogen (secondary N) is 1. The van der Waals surface area contributed by atoms with E-state index in [-0.39, 0.29) is 34.5 Å². The predicted octanol–water partition coefficient (Wildman–Crippen LogP) is 0.866. The number of rotatable bonds is 3. The molecule has 1 amide bonds. The lowest BCUT2D eigenvalue weighted by atomic mass is 9.93. The zero-order valence-electron chi connectivity index (χ0n) is 13.6. The van der Waals surface area contributed by atoms with Crippen molar-refractivity contribution in [3.63, 3.8) is 0 Å². The molecule has 2 N–H and O–H groups in total. The summed E-state index contributed by atoms with van der Waals surface area (Å²) in [5, 5.41) is 18.8. The Morgan fingerprint density at radius 3 is 2.71 bits per heavy atom. The quantitative estimate of drug-likeness (QED) is 0.852. The number of aromatic nitrogens is 2. The van der Waals surface area contributed by atoms with Crippen molar-refractivity contribution in [3.8, 4) is 5.75 Å². The maximum absolute atomic E-state index is 12.0. The first-order chi connectivity index (χ1) is 11.2. The standard InChI is InChI=1S/C15H18N4O4S/c1-4-10-15(21)14-9(13-8(2)7-11(20)16-17-13)5-6-12(19(14)18-10)24(3,22)23/h5-6,8,21H,4,7H2,1-3H3,(H,16,20). The molecule has 0 saturated heterocycles. The molecule has 1 unspecified atom stereocenters. The van der Waals surface area contributed by atoms with Crippen LogP contribution in [-0.4, -0.2) is 41.0 Å². The first-order valence-electron chi connectivity index (χ1n) is 7.54. The van der Waals surface area contributed by atoms with E-state index >= 15 is 0 Å². The number of fused-ring (bicyclic) bond motifs is 1. The lowest BCUT2D eigenvalue weighted by Gasteiger charge is -2.20. The summed E-state index contributed by atoms with van der Waals surface area (Å²) in [6.07, 6.45) is 1.82. The monoisotopic (exact) mass is 350 g/mol. The Morgan fingerprint density at radius 2 is 2.12 bits per heavy atom. The molecule has 0 fully saturated rings. The molecule has 128 valence electrons. The number of carbonyl (C=O) groups is 1. The van der Waals surface area contributed by atoms with Gasteiger partial charge in [0.05, 0.1) is 5.71 Å². The summed E-state index contributed by atoms with van der Waals surface area (Å²) >= 11 is 0. The van der Waals surface area contributed by atoms with E-state index in [2.05, 4.69) is 15.6 Å². The van der Waals surface area contributed by atoms with Crippen LogP contribution in [0.1, 0.15) is 31.5 Å². The summed E-state index contributed by atoms with van der Waals surface area (Å²) in [6.45, 7) is 3.68. The van der Waals surface area contributed by atoms with Gasteiger partial charge in [0.15, 0.2) is 20.6 Å². The number of hydrogen-bond acceptors (Lipinski definition) is 6. The van der Waals surface area contributed by atoms with Gasteiger partial charge in [0.1, 0.15) is 11.2 Å². The van der Waals surface area contributed by atoms with Crippen molar-refractivity contribution in [1.29, 1.82) is 0 Å². The summed E-state index contributed by atoms with van der Waals surface area (Å²) in [5.41, 5.74) is 4.26. The fourth-order valence-electron chi connectivity index (χ4n) is 2.86. The molecular weight excluding hydrogens is 332 g/mol.